The van der Waals surface area contributed by atoms with Crippen molar-refractivity contribution in [3.05, 3.63) is 23.8 Å². The lowest BCUT2D eigenvalue weighted by Gasteiger charge is -2.12. The van der Waals surface area contributed by atoms with Crippen molar-refractivity contribution in [2.45, 2.75) is 19.3 Å². The Labute approximate surface area is 98.7 Å². The molecule has 1 heterocycles. The second-order valence-corrected chi connectivity index (χ2v) is 4.46. The van der Waals surface area contributed by atoms with Gasteiger partial charge in [0.05, 0.1) is 13.2 Å². The molecule has 0 spiro atoms. The minimum absolute atomic E-state index is 0.502. The summed E-state index contributed by atoms with van der Waals surface area (Å²) in [5.74, 6) is 2.26. The van der Waals surface area contributed by atoms with Crippen LogP contribution in [0.15, 0.2) is 18.2 Å². The van der Waals surface area contributed by atoms with E-state index in [4.69, 9.17) is 9.47 Å². The fourth-order valence-electron chi connectivity index (χ4n) is 1.58. The van der Waals surface area contributed by atoms with Crippen molar-refractivity contribution < 1.29 is 9.47 Å². The Morgan fingerprint density at radius 2 is 2.00 bits per heavy atom. The highest BCUT2D eigenvalue weighted by atomic mass is 79.9. The fourth-order valence-corrected chi connectivity index (χ4v) is 1.95. The van der Waals surface area contributed by atoms with Crippen LogP contribution < -0.4 is 9.47 Å². The summed E-state index contributed by atoms with van der Waals surface area (Å²) in [7, 11) is 0. The number of rotatable bonds is 2. The molecule has 1 atom stereocenters. The summed E-state index contributed by atoms with van der Waals surface area (Å²) < 4.78 is 11.2. The Hall–Kier alpha value is -0.700. The molecule has 1 aliphatic heterocycles. The van der Waals surface area contributed by atoms with Crippen molar-refractivity contribution in [2.75, 3.05) is 18.5 Å². The van der Waals surface area contributed by atoms with Crippen LogP contribution in [-0.2, 0) is 0 Å². The van der Waals surface area contributed by atoms with Crippen LogP contribution in [0, 0.1) is 0 Å². The van der Waals surface area contributed by atoms with E-state index in [0.717, 1.165) is 36.5 Å². The predicted octanol–water partition coefficient (Wildman–Crippen LogP) is 3.35. The molecular formula is C12H15BrO2. The highest BCUT2D eigenvalue weighted by Crippen LogP contribution is 2.33. The van der Waals surface area contributed by atoms with Gasteiger partial charge < -0.3 is 9.47 Å². The maximum Gasteiger partial charge on any atom is 0.161 e. The van der Waals surface area contributed by atoms with Crippen LogP contribution in [0.3, 0.4) is 0 Å². The Bertz CT molecular complexity index is 338. The van der Waals surface area contributed by atoms with Gasteiger partial charge in [-0.2, -0.15) is 0 Å². The third kappa shape index (κ3) is 2.46. The standard InChI is InChI=1S/C12H15BrO2/c1-9(8-13)10-3-4-11-12(7-10)15-6-2-5-14-11/h3-4,7,9H,2,5-6,8H2,1H3. The summed E-state index contributed by atoms with van der Waals surface area (Å²) >= 11 is 3.49. The fraction of sp³-hybridized carbons (Fsp3) is 0.500. The minimum Gasteiger partial charge on any atom is -0.490 e. The van der Waals surface area contributed by atoms with E-state index in [1.165, 1.54) is 5.56 Å². The van der Waals surface area contributed by atoms with Gasteiger partial charge >= 0.3 is 0 Å². The van der Waals surface area contributed by atoms with Gasteiger partial charge in [0.15, 0.2) is 11.5 Å². The van der Waals surface area contributed by atoms with Crippen LogP contribution >= 0.6 is 15.9 Å². The van der Waals surface area contributed by atoms with Crippen molar-refractivity contribution in [1.29, 1.82) is 0 Å². The van der Waals surface area contributed by atoms with Crippen LogP contribution in [0.25, 0.3) is 0 Å². The zero-order chi connectivity index (χ0) is 10.7. The molecule has 0 aromatic heterocycles. The molecule has 0 N–H and O–H groups in total. The molecule has 2 nitrogen and oxygen atoms in total. The smallest absolute Gasteiger partial charge is 0.161 e. The molecule has 1 aromatic rings. The highest BCUT2D eigenvalue weighted by molar-refractivity contribution is 9.09. The second kappa shape index (κ2) is 4.88. The topological polar surface area (TPSA) is 18.5 Å². The summed E-state index contributed by atoms with van der Waals surface area (Å²) in [4.78, 5) is 0. The van der Waals surface area contributed by atoms with E-state index in [1.807, 2.05) is 6.07 Å². The van der Waals surface area contributed by atoms with Gasteiger partial charge in [0.1, 0.15) is 0 Å². The van der Waals surface area contributed by atoms with Crippen LogP contribution in [0.4, 0.5) is 0 Å². The maximum atomic E-state index is 5.64. The quantitative estimate of drug-likeness (QED) is 0.768. The monoisotopic (exact) mass is 270 g/mol. The third-order valence-corrected chi connectivity index (χ3v) is 3.54. The van der Waals surface area contributed by atoms with E-state index < -0.39 is 0 Å². The van der Waals surface area contributed by atoms with Crippen molar-refractivity contribution in [3.8, 4) is 11.5 Å². The molecule has 0 fully saturated rings. The first kappa shape index (κ1) is 10.8. The van der Waals surface area contributed by atoms with Crippen LogP contribution in [0.5, 0.6) is 11.5 Å². The SMILES string of the molecule is CC(CBr)c1ccc2c(c1)OCCCO2. The average molecular weight is 271 g/mol. The van der Waals surface area contributed by atoms with E-state index in [0.29, 0.717) is 5.92 Å². The normalized spacial score (nSPS) is 16.9. The molecule has 82 valence electrons. The molecule has 2 rings (SSSR count). The van der Waals surface area contributed by atoms with Crippen molar-refractivity contribution in [1.82, 2.24) is 0 Å². The highest BCUT2D eigenvalue weighted by Gasteiger charge is 2.12. The maximum absolute atomic E-state index is 5.64. The van der Waals surface area contributed by atoms with Crippen molar-refractivity contribution in [2.24, 2.45) is 0 Å². The number of benzene rings is 1. The minimum atomic E-state index is 0.502. The molecule has 15 heavy (non-hydrogen) atoms. The summed E-state index contributed by atoms with van der Waals surface area (Å²) in [6, 6.07) is 6.21. The van der Waals surface area contributed by atoms with E-state index in [9.17, 15) is 0 Å². The van der Waals surface area contributed by atoms with E-state index in [-0.39, 0.29) is 0 Å². The first-order chi connectivity index (χ1) is 7.31. The summed E-state index contributed by atoms with van der Waals surface area (Å²) in [5.41, 5.74) is 1.29. The Morgan fingerprint density at radius 1 is 1.27 bits per heavy atom. The number of alkyl halides is 1. The third-order valence-electron chi connectivity index (χ3n) is 2.57. The van der Waals surface area contributed by atoms with Crippen molar-refractivity contribution >= 4 is 15.9 Å². The number of halogens is 1. The van der Waals surface area contributed by atoms with Crippen LogP contribution in [0.1, 0.15) is 24.8 Å². The predicted molar refractivity (Wildman–Crippen MR) is 64.3 cm³/mol. The lowest BCUT2D eigenvalue weighted by Crippen LogP contribution is -1.98. The zero-order valence-corrected chi connectivity index (χ0v) is 10.4. The number of ether oxygens (including phenoxy) is 2. The molecule has 0 aliphatic carbocycles. The number of hydrogen-bond donors (Lipinski definition) is 0. The Morgan fingerprint density at radius 3 is 2.73 bits per heavy atom. The molecule has 1 aliphatic rings. The molecule has 1 unspecified atom stereocenters. The van der Waals surface area contributed by atoms with Crippen LogP contribution in [-0.4, -0.2) is 18.5 Å². The summed E-state index contributed by atoms with van der Waals surface area (Å²) in [6.07, 6.45) is 0.956. The van der Waals surface area contributed by atoms with Gasteiger partial charge in [-0.15, -0.1) is 0 Å². The van der Waals surface area contributed by atoms with Gasteiger partial charge in [0, 0.05) is 11.8 Å². The Kier molecular flexibility index (Phi) is 3.52. The van der Waals surface area contributed by atoms with E-state index >= 15 is 0 Å². The molecule has 0 amide bonds. The molecule has 3 heteroatoms. The summed E-state index contributed by atoms with van der Waals surface area (Å²) in [6.45, 7) is 3.69. The first-order valence-electron chi connectivity index (χ1n) is 5.27. The molecule has 1 aromatic carbocycles. The molecular weight excluding hydrogens is 256 g/mol. The van der Waals surface area contributed by atoms with Gasteiger partial charge in [0.25, 0.3) is 0 Å². The zero-order valence-electron chi connectivity index (χ0n) is 8.83. The van der Waals surface area contributed by atoms with Crippen LogP contribution in [0.2, 0.25) is 0 Å². The number of fused-ring (bicyclic) bond motifs is 1. The van der Waals surface area contributed by atoms with Gasteiger partial charge in [-0.3, -0.25) is 0 Å². The largest absolute Gasteiger partial charge is 0.490 e. The molecule has 0 saturated carbocycles. The molecule has 0 bridgehead atoms. The number of hydrogen-bond acceptors (Lipinski definition) is 2. The van der Waals surface area contributed by atoms with Crippen molar-refractivity contribution in [3.63, 3.8) is 0 Å². The van der Waals surface area contributed by atoms with Gasteiger partial charge in [0.2, 0.25) is 0 Å². The molecule has 0 radical (unpaired) electrons. The lowest BCUT2D eigenvalue weighted by atomic mass is 10.0. The first-order valence-corrected chi connectivity index (χ1v) is 6.39. The molecule has 0 saturated heterocycles. The Balaban J connectivity index is 2.27. The van der Waals surface area contributed by atoms with Gasteiger partial charge in [-0.05, 0) is 23.6 Å². The van der Waals surface area contributed by atoms with E-state index in [1.54, 1.807) is 0 Å². The van der Waals surface area contributed by atoms with E-state index in [2.05, 4.69) is 35.0 Å². The average Bonchev–Trinajstić information content (AvgIpc) is 2.51. The lowest BCUT2D eigenvalue weighted by molar-refractivity contribution is 0.297. The van der Waals surface area contributed by atoms with Gasteiger partial charge in [-0.1, -0.05) is 28.9 Å². The summed E-state index contributed by atoms with van der Waals surface area (Å²) in [5, 5.41) is 0.965. The van der Waals surface area contributed by atoms with Gasteiger partial charge in [-0.25, -0.2) is 0 Å². The second-order valence-electron chi connectivity index (χ2n) is 3.81.